The van der Waals surface area contributed by atoms with Crippen LogP contribution in [0.3, 0.4) is 0 Å². The summed E-state index contributed by atoms with van der Waals surface area (Å²) in [6.45, 7) is 6.27. The number of likely N-dealkylation sites (tertiary alicyclic amines) is 1. The van der Waals surface area contributed by atoms with Crippen molar-refractivity contribution in [3.05, 3.63) is 59.7 Å². The van der Waals surface area contributed by atoms with E-state index >= 15 is 0 Å². The highest BCUT2D eigenvalue weighted by atomic mass is 32.2. The van der Waals surface area contributed by atoms with Crippen LogP contribution in [0.5, 0.6) is 0 Å². The molecule has 2 aromatic rings. The fourth-order valence-corrected chi connectivity index (χ4v) is 4.88. The number of rotatable bonds is 8. The fourth-order valence-electron chi connectivity index (χ4n) is 3.76. The van der Waals surface area contributed by atoms with Crippen LogP contribution in [0.4, 0.5) is 5.69 Å². The lowest BCUT2D eigenvalue weighted by Gasteiger charge is -2.32. The van der Waals surface area contributed by atoms with Crippen LogP contribution in [0.15, 0.2) is 53.4 Å². The minimum Gasteiger partial charge on any atom is -0.325 e. The van der Waals surface area contributed by atoms with Crippen molar-refractivity contribution in [3.8, 4) is 0 Å². The van der Waals surface area contributed by atoms with Crippen LogP contribution in [0.1, 0.15) is 30.9 Å². The van der Waals surface area contributed by atoms with Crippen molar-refractivity contribution >= 4 is 21.6 Å². The number of benzene rings is 2. The second-order valence-corrected chi connectivity index (χ2v) is 9.78. The zero-order valence-electron chi connectivity index (χ0n) is 17.7. The molecule has 1 aliphatic rings. The first kappa shape index (κ1) is 22.5. The number of carbonyl (C=O) groups is 1. The van der Waals surface area contributed by atoms with Gasteiger partial charge in [0.25, 0.3) is 0 Å². The maximum atomic E-state index is 12.5. The molecule has 1 unspecified atom stereocenters. The second-order valence-electron chi connectivity index (χ2n) is 8.01. The van der Waals surface area contributed by atoms with Gasteiger partial charge in [-0.15, -0.1) is 0 Å². The van der Waals surface area contributed by atoms with Gasteiger partial charge in [-0.25, -0.2) is 13.1 Å². The molecule has 6 nitrogen and oxygen atoms in total. The summed E-state index contributed by atoms with van der Waals surface area (Å²) >= 11 is 0. The van der Waals surface area contributed by atoms with Crippen LogP contribution in [0, 0.1) is 12.8 Å². The van der Waals surface area contributed by atoms with Crippen molar-refractivity contribution in [2.24, 2.45) is 5.92 Å². The number of carbonyl (C=O) groups excluding carboxylic acids is 1. The first-order chi connectivity index (χ1) is 14.4. The van der Waals surface area contributed by atoms with E-state index in [-0.39, 0.29) is 16.7 Å². The van der Waals surface area contributed by atoms with E-state index in [1.807, 2.05) is 31.2 Å². The monoisotopic (exact) mass is 429 g/mol. The normalized spacial score (nSPS) is 17.6. The van der Waals surface area contributed by atoms with E-state index in [2.05, 4.69) is 21.9 Å². The van der Waals surface area contributed by atoms with Crippen molar-refractivity contribution in [2.45, 2.75) is 38.0 Å². The van der Waals surface area contributed by atoms with Crippen LogP contribution in [-0.2, 0) is 21.2 Å². The van der Waals surface area contributed by atoms with Gasteiger partial charge in [0, 0.05) is 18.8 Å². The smallest absolute Gasteiger partial charge is 0.240 e. The largest absolute Gasteiger partial charge is 0.325 e. The Morgan fingerprint density at radius 2 is 1.93 bits per heavy atom. The lowest BCUT2D eigenvalue weighted by atomic mass is 9.98. The van der Waals surface area contributed by atoms with Crippen LogP contribution in [-0.4, -0.2) is 45.4 Å². The van der Waals surface area contributed by atoms with Crippen molar-refractivity contribution in [1.29, 1.82) is 0 Å². The van der Waals surface area contributed by atoms with Gasteiger partial charge < -0.3 is 5.32 Å². The van der Waals surface area contributed by atoms with Crippen molar-refractivity contribution in [1.82, 2.24) is 9.62 Å². The Balaban J connectivity index is 1.50. The summed E-state index contributed by atoms with van der Waals surface area (Å²) in [6, 6.07) is 14.7. The van der Waals surface area contributed by atoms with Gasteiger partial charge in [0.1, 0.15) is 0 Å². The Morgan fingerprint density at radius 1 is 1.17 bits per heavy atom. The first-order valence-corrected chi connectivity index (χ1v) is 12.0. The highest BCUT2D eigenvalue weighted by molar-refractivity contribution is 7.89. The number of anilines is 1. The number of piperidine rings is 1. The molecule has 162 valence electrons. The number of nitrogens with zero attached hydrogens (tertiary/aromatic N) is 1. The molecule has 0 saturated carbocycles. The molecule has 1 saturated heterocycles. The van der Waals surface area contributed by atoms with Crippen molar-refractivity contribution in [3.63, 3.8) is 0 Å². The summed E-state index contributed by atoms with van der Waals surface area (Å²) in [5.41, 5.74) is 3.03. The Hall–Kier alpha value is -2.22. The Bertz CT molecular complexity index is 958. The van der Waals surface area contributed by atoms with E-state index in [4.69, 9.17) is 0 Å². The number of sulfonamides is 1. The molecule has 0 aromatic heterocycles. The highest BCUT2D eigenvalue weighted by Gasteiger charge is 2.23. The number of hydrogen-bond acceptors (Lipinski definition) is 4. The van der Waals surface area contributed by atoms with E-state index in [1.54, 1.807) is 24.3 Å². The van der Waals surface area contributed by atoms with Crippen LogP contribution in [0.25, 0.3) is 0 Å². The number of nitrogens with one attached hydrogen (secondary N) is 2. The van der Waals surface area contributed by atoms with Gasteiger partial charge in [-0.3, -0.25) is 9.69 Å². The molecule has 1 atom stereocenters. The quantitative estimate of drug-likeness (QED) is 0.676. The minimum atomic E-state index is -3.51. The topological polar surface area (TPSA) is 78.5 Å². The molecule has 30 heavy (non-hydrogen) atoms. The van der Waals surface area contributed by atoms with E-state index in [0.29, 0.717) is 19.6 Å². The van der Waals surface area contributed by atoms with Crippen molar-refractivity contribution in [2.75, 3.05) is 31.5 Å². The lowest BCUT2D eigenvalue weighted by Crippen LogP contribution is -2.43. The molecular weight excluding hydrogens is 398 g/mol. The predicted molar refractivity (Wildman–Crippen MR) is 120 cm³/mol. The third kappa shape index (κ3) is 6.39. The van der Waals surface area contributed by atoms with E-state index in [0.717, 1.165) is 37.1 Å². The summed E-state index contributed by atoms with van der Waals surface area (Å²) < 4.78 is 27.8. The number of amides is 1. The molecule has 1 heterocycles. The van der Waals surface area contributed by atoms with Gasteiger partial charge in [-0.2, -0.15) is 0 Å². The zero-order chi connectivity index (χ0) is 21.6. The maximum absolute atomic E-state index is 12.5. The molecule has 1 aliphatic heterocycles. The molecule has 0 spiro atoms. The fraction of sp³-hybridized carbons (Fsp3) is 0.435. The van der Waals surface area contributed by atoms with E-state index < -0.39 is 10.0 Å². The maximum Gasteiger partial charge on any atom is 0.240 e. The third-order valence-corrected chi connectivity index (χ3v) is 6.92. The Labute approximate surface area is 179 Å². The lowest BCUT2D eigenvalue weighted by molar-refractivity contribution is -0.117. The second kappa shape index (κ2) is 10.2. The summed E-state index contributed by atoms with van der Waals surface area (Å²) in [7, 11) is -3.51. The minimum absolute atomic E-state index is 0.0378. The van der Waals surface area contributed by atoms with Crippen LogP contribution < -0.4 is 10.0 Å². The van der Waals surface area contributed by atoms with Crippen LogP contribution >= 0.6 is 0 Å². The Kier molecular flexibility index (Phi) is 7.64. The number of aryl methyl sites for hydroxylation is 2. The first-order valence-electron chi connectivity index (χ1n) is 10.5. The Morgan fingerprint density at radius 3 is 2.67 bits per heavy atom. The zero-order valence-corrected chi connectivity index (χ0v) is 18.5. The predicted octanol–water partition coefficient (Wildman–Crippen LogP) is 3.19. The molecule has 0 aliphatic carbocycles. The van der Waals surface area contributed by atoms with Gasteiger partial charge in [0.2, 0.25) is 15.9 Å². The van der Waals surface area contributed by atoms with Crippen molar-refractivity contribution < 1.29 is 13.2 Å². The third-order valence-electron chi connectivity index (χ3n) is 5.48. The summed E-state index contributed by atoms with van der Waals surface area (Å²) in [5.74, 6) is 0.152. The van der Waals surface area contributed by atoms with Gasteiger partial charge in [-0.05, 0) is 68.5 Å². The molecule has 1 amide bonds. The van der Waals surface area contributed by atoms with Crippen LogP contribution in [0.2, 0.25) is 0 Å². The molecule has 0 radical (unpaired) electrons. The standard InChI is InChI=1S/C23H31N3O3S/c1-3-19-6-4-8-21(14-19)25-23(27)17-26-13-5-7-20(16-26)15-24-30(28,29)22-11-9-18(2)10-12-22/h4,6,8-12,14,20,24H,3,5,7,13,15-17H2,1-2H3,(H,25,27). The van der Waals surface area contributed by atoms with Gasteiger partial charge in [0.05, 0.1) is 11.4 Å². The average Bonchev–Trinajstić information content (AvgIpc) is 2.73. The summed E-state index contributed by atoms with van der Waals surface area (Å²) in [5, 5.41) is 2.97. The number of hydrogen-bond donors (Lipinski definition) is 2. The molecular formula is C23H31N3O3S. The SMILES string of the molecule is CCc1cccc(NC(=O)CN2CCCC(CNS(=O)(=O)c3ccc(C)cc3)C2)c1. The molecule has 7 heteroatoms. The molecule has 3 rings (SSSR count). The van der Waals surface area contributed by atoms with E-state index in [1.165, 1.54) is 5.56 Å². The molecule has 0 bridgehead atoms. The van der Waals surface area contributed by atoms with E-state index in [9.17, 15) is 13.2 Å². The molecule has 2 N–H and O–H groups in total. The molecule has 2 aromatic carbocycles. The summed E-state index contributed by atoms with van der Waals surface area (Å²) in [6.07, 6.45) is 2.83. The molecule has 1 fully saturated rings. The highest BCUT2D eigenvalue weighted by Crippen LogP contribution is 2.18. The average molecular weight is 430 g/mol. The van der Waals surface area contributed by atoms with Gasteiger partial charge in [-0.1, -0.05) is 36.8 Å². The van der Waals surface area contributed by atoms with Gasteiger partial charge >= 0.3 is 0 Å². The van der Waals surface area contributed by atoms with Gasteiger partial charge in [0.15, 0.2) is 0 Å². The summed E-state index contributed by atoms with van der Waals surface area (Å²) in [4.78, 5) is 14.8.